The Balaban J connectivity index is 1.45. The van der Waals surface area contributed by atoms with Crippen molar-refractivity contribution in [2.24, 2.45) is 0 Å². The summed E-state index contributed by atoms with van der Waals surface area (Å²) in [5, 5.41) is 6.93. The van der Waals surface area contributed by atoms with Gasteiger partial charge in [0.15, 0.2) is 0 Å². The first-order valence-electron chi connectivity index (χ1n) is 8.57. The molecule has 1 N–H and O–H groups in total. The van der Waals surface area contributed by atoms with Gasteiger partial charge in [-0.25, -0.2) is 0 Å². The lowest BCUT2D eigenvalue weighted by Crippen LogP contribution is -2.11. The van der Waals surface area contributed by atoms with E-state index in [0.717, 1.165) is 30.5 Å². The first-order chi connectivity index (χ1) is 12.2. The Kier molecular flexibility index (Phi) is 4.06. The number of aryl methyl sites for hydroxylation is 1. The lowest BCUT2D eigenvalue weighted by Gasteiger charge is -2.06. The molecule has 0 radical (unpaired) electrons. The van der Waals surface area contributed by atoms with Gasteiger partial charge in [0.25, 0.3) is 5.91 Å². The first kappa shape index (κ1) is 15.6. The zero-order valence-electron chi connectivity index (χ0n) is 14.0. The van der Waals surface area contributed by atoms with E-state index in [0.29, 0.717) is 23.2 Å². The van der Waals surface area contributed by atoms with Gasteiger partial charge in [0, 0.05) is 22.7 Å². The maximum atomic E-state index is 12.4. The van der Waals surface area contributed by atoms with Gasteiger partial charge in [-0.3, -0.25) is 4.79 Å². The van der Waals surface area contributed by atoms with Crippen molar-refractivity contribution in [3.05, 3.63) is 65.5 Å². The molecule has 126 valence electrons. The SMILES string of the molecule is CCc1ccc(NC(=O)c2ccc(-c3noc(C4CC4)n3)cc2)cc1. The molecule has 2 aromatic carbocycles. The molecule has 0 bridgehead atoms. The van der Waals surface area contributed by atoms with Gasteiger partial charge in [-0.15, -0.1) is 0 Å². The van der Waals surface area contributed by atoms with E-state index in [1.165, 1.54) is 5.56 Å². The minimum atomic E-state index is -0.137. The summed E-state index contributed by atoms with van der Waals surface area (Å²) in [6.07, 6.45) is 3.23. The molecule has 25 heavy (non-hydrogen) atoms. The summed E-state index contributed by atoms with van der Waals surface area (Å²) in [6.45, 7) is 2.10. The molecule has 0 unspecified atom stereocenters. The van der Waals surface area contributed by atoms with Gasteiger partial charge in [-0.1, -0.05) is 36.3 Å². The van der Waals surface area contributed by atoms with Crippen LogP contribution in [0.3, 0.4) is 0 Å². The third-order valence-corrected chi connectivity index (χ3v) is 4.39. The van der Waals surface area contributed by atoms with E-state index >= 15 is 0 Å². The normalized spacial score (nSPS) is 13.6. The van der Waals surface area contributed by atoms with Crippen molar-refractivity contribution in [2.75, 3.05) is 5.32 Å². The summed E-state index contributed by atoms with van der Waals surface area (Å²) in [7, 11) is 0. The summed E-state index contributed by atoms with van der Waals surface area (Å²) < 4.78 is 5.28. The van der Waals surface area contributed by atoms with Crippen LogP contribution in [0.25, 0.3) is 11.4 Å². The van der Waals surface area contributed by atoms with Crippen LogP contribution in [0.1, 0.15) is 47.5 Å². The Morgan fingerprint density at radius 2 is 1.84 bits per heavy atom. The van der Waals surface area contributed by atoms with E-state index in [1.54, 1.807) is 12.1 Å². The summed E-state index contributed by atoms with van der Waals surface area (Å²) in [5.41, 5.74) is 3.47. The number of rotatable bonds is 5. The molecule has 3 aromatic rings. The Bertz CT molecular complexity index is 878. The van der Waals surface area contributed by atoms with Crippen LogP contribution in [0.5, 0.6) is 0 Å². The summed E-state index contributed by atoms with van der Waals surface area (Å²) >= 11 is 0. The van der Waals surface area contributed by atoms with Gasteiger partial charge < -0.3 is 9.84 Å². The second-order valence-electron chi connectivity index (χ2n) is 6.31. The standard InChI is InChI=1S/C20H19N3O2/c1-2-13-3-11-17(12-4-13)21-19(24)15-7-5-14(6-8-15)18-22-20(25-23-18)16-9-10-16/h3-8,11-12,16H,2,9-10H2,1H3,(H,21,24). The minimum Gasteiger partial charge on any atom is -0.339 e. The highest BCUT2D eigenvalue weighted by molar-refractivity contribution is 6.04. The van der Waals surface area contributed by atoms with Crippen LogP contribution >= 0.6 is 0 Å². The lowest BCUT2D eigenvalue weighted by molar-refractivity contribution is 0.102. The van der Waals surface area contributed by atoms with E-state index in [4.69, 9.17) is 4.52 Å². The second kappa shape index (κ2) is 6.51. The van der Waals surface area contributed by atoms with Crippen LogP contribution in [-0.4, -0.2) is 16.0 Å². The van der Waals surface area contributed by atoms with E-state index < -0.39 is 0 Å². The van der Waals surface area contributed by atoms with Gasteiger partial charge in [-0.05, 0) is 49.1 Å². The fourth-order valence-electron chi connectivity index (χ4n) is 2.65. The summed E-state index contributed by atoms with van der Waals surface area (Å²) in [5.74, 6) is 1.59. The monoisotopic (exact) mass is 333 g/mol. The van der Waals surface area contributed by atoms with Crippen LogP contribution in [0.15, 0.2) is 53.1 Å². The average Bonchev–Trinajstić information content (AvgIpc) is 3.39. The zero-order chi connectivity index (χ0) is 17.2. The quantitative estimate of drug-likeness (QED) is 0.750. The largest absolute Gasteiger partial charge is 0.339 e. The fourth-order valence-corrected chi connectivity index (χ4v) is 2.65. The average molecular weight is 333 g/mol. The second-order valence-corrected chi connectivity index (χ2v) is 6.31. The van der Waals surface area contributed by atoms with E-state index in [2.05, 4.69) is 22.4 Å². The highest BCUT2D eigenvalue weighted by Gasteiger charge is 2.29. The highest BCUT2D eigenvalue weighted by atomic mass is 16.5. The number of amides is 1. The van der Waals surface area contributed by atoms with Crippen LogP contribution < -0.4 is 5.32 Å². The Morgan fingerprint density at radius 3 is 2.48 bits per heavy atom. The number of carbonyl (C=O) groups excluding carboxylic acids is 1. The van der Waals surface area contributed by atoms with E-state index in [1.807, 2.05) is 36.4 Å². The maximum Gasteiger partial charge on any atom is 0.255 e. The van der Waals surface area contributed by atoms with Crippen molar-refractivity contribution < 1.29 is 9.32 Å². The molecular formula is C20H19N3O2. The number of hydrogen-bond acceptors (Lipinski definition) is 4. The topological polar surface area (TPSA) is 68.0 Å². The highest BCUT2D eigenvalue weighted by Crippen LogP contribution is 2.39. The summed E-state index contributed by atoms with van der Waals surface area (Å²) in [6, 6.07) is 15.1. The molecule has 1 aromatic heterocycles. The lowest BCUT2D eigenvalue weighted by atomic mass is 10.1. The molecule has 5 nitrogen and oxygen atoms in total. The number of carbonyl (C=O) groups is 1. The van der Waals surface area contributed by atoms with Gasteiger partial charge in [0.2, 0.25) is 11.7 Å². The molecular weight excluding hydrogens is 314 g/mol. The zero-order valence-corrected chi connectivity index (χ0v) is 14.0. The third-order valence-electron chi connectivity index (χ3n) is 4.39. The number of anilines is 1. The van der Waals surface area contributed by atoms with Crippen LogP contribution in [0.2, 0.25) is 0 Å². The predicted molar refractivity (Wildman–Crippen MR) is 95.5 cm³/mol. The van der Waals surface area contributed by atoms with Crippen molar-refractivity contribution in [3.8, 4) is 11.4 Å². The van der Waals surface area contributed by atoms with Gasteiger partial charge in [0.05, 0.1) is 0 Å². The first-order valence-corrected chi connectivity index (χ1v) is 8.57. The fraction of sp³-hybridized carbons (Fsp3) is 0.250. The number of hydrogen-bond donors (Lipinski definition) is 1. The molecule has 0 aliphatic heterocycles. The molecule has 1 amide bonds. The number of aromatic nitrogens is 2. The molecule has 1 aliphatic rings. The Labute approximate surface area is 146 Å². The van der Waals surface area contributed by atoms with Gasteiger partial charge >= 0.3 is 0 Å². The van der Waals surface area contributed by atoms with Crippen molar-refractivity contribution in [1.82, 2.24) is 10.1 Å². The van der Waals surface area contributed by atoms with Crippen molar-refractivity contribution in [2.45, 2.75) is 32.1 Å². The molecule has 1 aliphatic carbocycles. The number of benzene rings is 2. The molecule has 4 rings (SSSR count). The minimum absolute atomic E-state index is 0.137. The Morgan fingerprint density at radius 1 is 1.12 bits per heavy atom. The molecule has 0 spiro atoms. The number of nitrogens with zero attached hydrogens (tertiary/aromatic N) is 2. The predicted octanol–water partition coefficient (Wildman–Crippen LogP) is 4.43. The molecule has 0 atom stereocenters. The molecule has 5 heteroatoms. The number of nitrogens with one attached hydrogen (secondary N) is 1. The van der Waals surface area contributed by atoms with Crippen LogP contribution in [0, 0.1) is 0 Å². The van der Waals surface area contributed by atoms with Crippen molar-refractivity contribution in [1.29, 1.82) is 0 Å². The smallest absolute Gasteiger partial charge is 0.255 e. The van der Waals surface area contributed by atoms with Crippen LogP contribution in [0.4, 0.5) is 5.69 Å². The van der Waals surface area contributed by atoms with Crippen LogP contribution in [-0.2, 0) is 6.42 Å². The summed E-state index contributed by atoms with van der Waals surface area (Å²) in [4.78, 5) is 16.8. The van der Waals surface area contributed by atoms with E-state index in [9.17, 15) is 4.79 Å². The van der Waals surface area contributed by atoms with E-state index in [-0.39, 0.29) is 5.91 Å². The Hall–Kier alpha value is -2.95. The molecule has 1 heterocycles. The third kappa shape index (κ3) is 3.45. The van der Waals surface area contributed by atoms with Crippen molar-refractivity contribution in [3.63, 3.8) is 0 Å². The maximum absolute atomic E-state index is 12.4. The van der Waals surface area contributed by atoms with Gasteiger partial charge in [-0.2, -0.15) is 4.98 Å². The molecule has 1 saturated carbocycles. The molecule has 0 saturated heterocycles. The van der Waals surface area contributed by atoms with Gasteiger partial charge in [0.1, 0.15) is 0 Å². The molecule has 1 fully saturated rings. The van der Waals surface area contributed by atoms with Crippen molar-refractivity contribution >= 4 is 11.6 Å².